The van der Waals surface area contributed by atoms with Gasteiger partial charge in [-0.15, -0.1) is 0 Å². The minimum Gasteiger partial charge on any atom is -0.472 e. The first-order valence-corrected chi connectivity index (χ1v) is 16.8. The van der Waals surface area contributed by atoms with E-state index in [1.807, 2.05) is 6.92 Å². The number of allylic oxidation sites excluding steroid dienone is 7. The highest BCUT2D eigenvalue weighted by Crippen LogP contribution is 2.42. The lowest BCUT2D eigenvalue weighted by Gasteiger charge is -2.44. The van der Waals surface area contributed by atoms with E-state index in [1.165, 1.54) is 17.3 Å². The zero-order valence-electron chi connectivity index (χ0n) is 27.8. The molecule has 3 aliphatic heterocycles. The number of amides is 1. The minimum absolute atomic E-state index is 0.178. The van der Waals surface area contributed by atoms with E-state index in [-0.39, 0.29) is 30.6 Å². The van der Waals surface area contributed by atoms with E-state index in [0.717, 1.165) is 49.4 Å². The van der Waals surface area contributed by atoms with Crippen molar-refractivity contribution >= 4 is 11.6 Å². The lowest BCUT2D eigenvalue weighted by atomic mass is 9.77. The number of hydrogen-bond donors (Lipinski definition) is 0. The Bertz CT molecular complexity index is 1600. The number of pyridine rings is 1. The fourth-order valence-corrected chi connectivity index (χ4v) is 7.93. The fraction of sp³-hybridized carbons (Fsp3) is 0.514. The van der Waals surface area contributed by atoms with Crippen molar-refractivity contribution in [3.63, 3.8) is 0 Å². The molecule has 0 aromatic carbocycles. The van der Waals surface area contributed by atoms with Crippen molar-refractivity contribution in [1.29, 1.82) is 10.5 Å². The van der Waals surface area contributed by atoms with Gasteiger partial charge in [0.15, 0.2) is 0 Å². The van der Waals surface area contributed by atoms with Gasteiger partial charge in [0.2, 0.25) is 11.8 Å². The number of piperazine rings is 1. The maximum atomic E-state index is 12.7. The lowest BCUT2D eigenvalue weighted by molar-refractivity contribution is -0.128. The summed E-state index contributed by atoms with van der Waals surface area (Å²) >= 11 is 0. The number of anilines is 1. The summed E-state index contributed by atoms with van der Waals surface area (Å²) in [5.41, 5.74) is 5.86. The SMILES string of the molecule is C=CC(=O)N1CCN(c2c(C#N)c(OC(C)CN3CC[C@H](OC)C3)nc3c2CCN(C2=CC=CC4C=CC=C(C)C24)C3)C[C@@H]1CC#N. The van der Waals surface area contributed by atoms with Gasteiger partial charge in [-0.25, -0.2) is 4.98 Å². The standard InChI is InChI=1S/C37H45N7O3/c1-5-34(45)44-19-18-43(22-28(44)12-15-38)36-30-14-17-42(33-11-7-10-27-9-6-8-25(2)35(27)33)24-32(30)40-37(31(36)20-39)47-26(3)21-41-16-13-29(23-41)46-4/h5-11,26-29,35H,1,12-14,16-19,21-24H2,2-4H3/t26?,27?,28-,29-,35?/m0/s1. The van der Waals surface area contributed by atoms with Crippen LogP contribution in [0.3, 0.4) is 0 Å². The van der Waals surface area contributed by atoms with Crippen molar-refractivity contribution in [2.75, 3.05) is 57.8 Å². The summed E-state index contributed by atoms with van der Waals surface area (Å²) < 4.78 is 12.1. The number of fused-ring (bicyclic) bond motifs is 2. The Morgan fingerprint density at radius 1 is 1.15 bits per heavy atom. The molecule has 0 bridgehead atoms. The van der Waals surface area contributed by atoms with Crippen LogP contribution in [0.1, 0.15) is 43.5 Å². The van der Waals surface area contributed by atoms with Gasteiger partial charge < -0.3 is 24.2 Å². The molecule has 246 valence electrons. The highest BCUT2D eigenvalue weighted by molar-refractivity contribution is 5.87. The Labute approximate surface area is 278 Å². The second-order valence-corrected chi connectivity index (χ2v) is 13.2. The zero-order chi connectivity index (χ0) is 33.1. The fourth-order valence-electron chi connectivity index (χ4n) is 7.93. The van der Waals surface area contributed by atoms with Crippen molar-refractivity contribution in [3.8, 4) is 18.0 Å². The summed E-state index contributed by atoms with van der Waals surface area (Å²) in [7, 11) is 1.76. The van der Waals surface area contributed by atoms with Crippen LogP contribution in [0.5, 0.6) is 5.88 Å². The Hall–Kier alpha value is -4.38. The molecule has 1 aromatic rings. The molecule has 5 atom stereocenters. The van der Waals surface area contributed by atoms with Gasteiger partial charge in [-0.3, -0.25) is 9.69 Å². The molecule has 4 heterocycles. The quantitative estimate of drug-likeness (QED) is 0.370. The van der Waals surface area contributed by atoms with Crippen LogP contribution in [0.2, 0.25) is 0 Å². The normalized spacial score (nSPS) is 26.0. The number of nitrogens with zero attached hydrogens (tertiary/aromatic N) is 7. The van der Waals surface area contributed by atoms with Crippen LogP contribution >= 0.6 is 0 Å². The number of likely N-dealkylation sites (tertiary alicyclic amines) is 1. The first kappa shape index (κ1) is 32.6. The molecule has 10 heteroatoms. The molecule has 0 radical (unpaired) electrons. The van der Waals surface area contributed by atoms with Crippen molar-refractivity contribution in [2.45, 2.75) is 57.9 Å². The van der Waals surface area contributed by atoms with Crippen molar-refractivity contribution < 1.29 is 14.3 Å². The molecular weight excluding hydrogens is 590 g/mol. The number of nitriles is 2. The molecule has 47 heavy (non-hydrogen) atoms. The Balaban J connectivity index is 1.35. The first-order valence-electron chi connectivity index (χ1n) is 16.8. The van der Waals surface area contributed by atoms with Crippen LogP contribution in [0, 0.1) is 34.5 Å². The van der Waals surface area contributed by atoms with Gasteiger partial charge in [0.25, 0.3) is 0 Å². The lowest BCUT2D eigenvalue weighted by Crippen LogP contribution is -2.55. The maximum absolute atomic E-state index is 12.7. The molecule has 0 spiro atoms. The molecule has 2 saturated heterocycles. The van der Waals surface area contributed by atoms with E-state index in [0.29, 0.717) is 56.0 Å². The van der Waals surface area contributed by atoms with Crippen LogP contribution in [0.15, 0.2) is 60.4 Å². The molecule has 3 unspecified atom stereocenters. The van der Waals surface area contributed by atoms with Crippen molar-refractivity contribution in [1.82, 2.24) is 19.7 Å². The molecule has 2 aliphatic carbocycles. The van der Waals surface area contributed by atoms with Gasteiger partial charge in [-0.2, -0.15) is 10.5 Å². The van der Waals surface area contributed by atoms with Crippen LogP contribution in [0.25, 0.3) is 0 Å². The summed E-state index contributed by atoms with van der Waals surface area (Å²) in [5.74, 6) is 0.800. The van der Waals surface area contributed by atoms with E-state index in [2.05, 4.69) is 76.8 Å². The number of rotatable bonds is 9. The molecule has 1 aromatic heterocycles. The van der Waals surface area contributed by atoms with Crippen LogP contribution in [-0.4, -0.2) is 96.8 Å². The van der Waals surface area contributed by atoms with Crippen LogP contribution in [-0.2, 0) is 22.5 Å². The predicted molar refractivity (Wildman–Crippen MR) is 180 cm³/mol. The van der Waals surface area contributed by atoms with Gasteiger partial charge in [0, 0.05) is 76.0 Å². The van der Waals surface area contributed by atoms with E-state index in [4.69, 9.17) is 14.5 Å². The third-order valence-electron chi connectivity index (χ3n) is 10.2. The second kappa shape index (κ2) is 14.2. The summed E-state index contributed by atoms with van der Waals surface area (Å²) in [6.45, 7) is 13.2. The topological polar surface area (TPSA) is 109 Å². The third-order valence-corrected chi connectivity index (χ3v) is 10.2. The predicted octanol–water partition coefficient (Wildman–Crippen LogP) is 4.12. The number of carbonyl (C=O) groups excluding carboxylic acids is 1. The Morgan fingerprint density at radius 2 is 1.96 bits per heavy atom. The zero-order valence-corrected chi connectivity index (χ0v) is 27.8. The van der Waals surface area contributed by atoms with Crippen molar-refractivity contribution in [3.05, 3.63) is 77.2 Å². The minimum atomic E-state index is -0.313. The summed E-state index contributed by atoms with van der Waals surface area (Å²) in [5, 5.41) is 20.3. The molecular formula is C37H45N7O3. The number of hydrogen-bond acceptors (Lipinski definition) is 9. The summed E-state index contributed by atoms with van der Waals surface area (Å²) in [4.78, 5) is 26.5. The van der Waals surface area contributed by atoms with Gasteiger partial charge in [-0.05, 0) is 38.8 Å². The van der Waals surface area contributed by atoms with E-state index < -0.39 is 0 Å². The average molecular weight is 636 g/mol. The number of aromatic nitrogens is 1. The van der Waals surface area contributed by atoms with Crippen LogP contribution < -0.4 is 9.64 Å². The molecule has 10 nitrogen and oxygen atoms in total. The number of carbonyl (C=O) groups is 1. The first-order chi connectivity index (χ1) is 22.8. The molecule has 6 rings (SSSR count). The highest BCUT2D eigenvalue weighted by atomic mass is 16.5. The molecule has 1 amide bonds. The van der Waals surface area contributed by atoms with Gasteiger partial charge in [0.05, 0.1) is 42.6 Å². The Kier molecular flexibility index (Phi) is 9.81. The maximum Gasteiger partial charge on any atom is 0.246 e. The van der Waals surface area contributed by atoms with Crippen molar-refractivity contribution in [2.24, 2.45) is 11.8 Å². The van der Waals surface area contributed by atoms with Gasteiger partial charge in [0.1, 0.15) is 17.7 Å². The monoisotopic (exact) mass is 635 g/mol. The van der Waals surface area contributed by atoms with E-state index in [9.17, 15) is 15.3 Å². The van der Waals surface area contributed by atoms with Gasteiger partial charge in [-0.1, -0.05) is 42.5 Å². The van der Waals surface area contributed by atoms with E-state index >= 15 is 0 Å². The number of ether oxygens (including phenoxy) is 2. The smallest absolute Gasteiger partial charge is 0.246 e. The molecule has 5 aliphatic rings. The summed E-state index contributed by atoms with van der Waals surface area (Å²) in [6, 6.07) is 4.41. The average Bonchev–Trinajstić information content (AvgIpc) is 3.54. The molecule has 0 saturated carbocycles. The number of methoxy groups -OCH3 is 1. The largest absolute Gasteiger partial charge is 0.472 e. The van der Waals surface area contributed by atoms with E-state index in [1.54, 1.807) is 12.0 Å². The van der Waals surface area contributed by atoms with Crippen LogP contribution in [0.4, 0.5) is 5.69 Å². The third kappa shape index (κ3) is 6.58. The summed E-state index contributed by atoms with van der Waals surface area (Å²) in [6.07, 6.45) is 16.5. The Morgan fingerprint density at radius 3 is 2.68 bits per heavy atom. The highest BCUT2D eigenvalue weighted by Gasteiger charge is 2.37. The van der Waals surface area contributed by atoms with Gasteiger partial charge >= 0.3 is 0 Å². The molecule has 2 fully saturated rings. The molecule has 0 N–H and O–H groups in total. The second-order valence-electron chi connectivity index (χ2n) is 13.2.